The molecule has 0 spiro atoms. The summed E-state index contributed by atoms with van der Waals surface area (Å²) in [6, 6.07) is 19.0. The molecule has 6 nitrogen and oxygen atoms in total. The van der Waals surface area contributed by atoms with Crippen molar-refractivity contribution in [3.8, 4) is 6.07 Å². The summed E-state index contributed by atoms with van der Waals surface area (Å²) in [5.74, 6) is 1.66. The van der Waals surface area contributed by atoms with Crippen LogP contribution in [0.5, 0.6) is 0 Å². The molecule has 0 amide bonds. The molecule has 1 aromatic heterocycles. The zero-order chi connectivity index (χ0) is 20.9. The van der Waals surface area contributed by atoms with Gasteiger partial charge in [0.05, 0.1) is 17.1 Å². The van der Waals surface area contributed by atoms with Gasteiger partial charge in [0.15, 0.2) is 0 Å². The number of aromatic nitrogens is 2. The summed E-state index contributed by atoms with van der Waals surface area (Å²) >= 11 is 0. The first-order valence-corrected chi connectivity index (χ1v) is 10.6. The number of hydrogen-bond donors (Lipinski definition) is 2. The molecule has 30 heavy (non-hydrogen) atoms. The molecule has 0 aliphatic heterocycles. The summed E-state index contributed by atoms with van der Waals surface area (Å²) < 4.78 is 0. The second-order valence-electron chi connectivity index (χ2n) is 8.16. The monoisotopic (exact) mass is 400 g/mol. The molecule has 154 valence electrons. The van der Waals surface area contributed by atoms with E-state index in [1.807, 2.05) is 61.5 Å². The van der Waals surface area contributed by atoms with Crippen LogP contribution in [0, 0.1) is 11.3 Å². The van der Waals surface area contributed by atoms with Gasteiger partial charge in [-0.2, -0.15) is 10.2 Å². The first kappa shape index (κ1) is 20.1. The fraction of sp³-hybridized carbons (Fsp3) is 0.375. The van der Waals surface area contributed by atoms with E-state index in [0.29, 0.717) is 23.6 Å². The summed E-state index contributed by atoms with van der Waals surface area (Å²) in [6.45, 7) is 0.842. The minimum absolute atomic E-state index is 0.397. The molecule has 2 N–H and O–H groups in total. The molecular weight excluding hydrogens is 372 g/mol. The van der Waals surface area contributed by atoms with E-state index in [4.69, 9.17) is 15.2 Å². The fourth-order valence-electron chi connectivity index (χ4n) is 4.05. The van der Waals surface area contributed by atoms with Crippen molar-refractivity contribution in [2.45, 2.75) is 44.3 Å². The summed E-state index contributed by atoms with van der Waals surface area (Å²) in [5, 5.41) is 17.2. The van der Waals surface area contributed by atoms with E-state index in [0.717, 1.165) is 48.9 Å². The third-order valence-electron chi connectivity index (χ3n) is 5.75. The van der Waals surface area contributed by atoms with Crippen LogP contribution in [0.3, 0.4) is 0 Å². The van der Waals surface area contributed by atoms with Crippen molar-refractivity contribution in [2.75, 3.05) is 24.3 Å². The number of para-hydroxylation sites is 1. The van der Waals surface area contributed by atoms with Crippen LogP contribution < -0.4 is 15.5 Å². The second-order valence-corrected chi connectivity index (χ2v) is 8.16. The lowest BCUT2D eigenvalue weighted by Crippen LogP contribution is -2.37. The van der Waals surface area contributed by atoms with E-state index in [1.54, 1.807) is 0 Å². The maximum atomic E-state index is 8.90. The van der Waals surface area contributed by atoms with E-state index < -0.39 is 0 Å². The van der Waals surface area contributed by atoms with Gasteiger partial charge in [-0.3, -0.25) is 0 Å². The SMILES string of the molecule is CN(C)c1nc(N[C@H]2CC[C@@H](NCc3ccc(C#N)cc3)CC2)nc2ccccc12. The zero-order valence-electron chi connectivity index (χ0n) is 17.6. The smallest absolute Gasteiger partial charge is 0.225 e. The number of hydrogen-bond acceptors (Lipinski definition) is 6. The predicted octanol–water partition coefficient (Wildman–Crippen LogP) is 4.08. The van der Waals surface area contributed by atoms with Gasteiger partial charge in [0, 0.05) is 38.1 Å². The quantitative estimate of drug-likeness (QED) is 0.649. The number of nitrogens with one attached hydrogen (secondary N) is 2. The van der Waals surface area contributed by atoms with Gasteiger partial charge in [-0.1, -0.05) is 24.3 Å². The van der Waals surface area contributed by atoms with E-state index in [1.165, 1.54) is 5.56 Å². The molecular formula is C24H28N6. The Morgan fingerprint density at radius 1 is 0.967 bits per heavy atom. The van der Waals surface area contributed by atoms with Gasteiger partial charge in [-0.25, -0.2) is 4.98 Å². The predicted molar refractivity (Wildman–Crippen MR) is 122 cm³/mol. The normalized spacial score (nSPS) is 18.7. The van der Waals surface area contributed by atoms with E-state index >= 15 is 0 Å². The minimum Gasteiger partial charge on any atom is -0.362 e. The summed E-state index contributed by atoms with van der Waals surface area (Å²) in [5.41, 5.74) is 2.89. The Hall–Kier alpha value is -3.17. The van der Waals surface area contributed by atoms with E-state index in [-0.39, 0.29) is 0 Å². The molecule has 4 rings (SSSR count). The number of rotatable bonds is 6. The summed E-state index contributed by atoms with van der Waals surface area (Å²) in [7, 11) is 4.03. The topological polar surface area (TPSA) is 76.9 Å². The van der Waals surface area contributed by atoms with Crippen LogP contribution in [0.25, 0.3) is 10.9 Å². The molecule has 6 heteroatoms. The van der Waals surface area contributed by atoms with Crippen molar-refractivity contribution in [2.24, 2.45) is 0 Å². The molecule has 0 radical (unpaired) electrons. The van der Waals surface area contributed by atoms with Crippen molar-refractivity contribution in [1.82, 2.24) is 15.3 Å². The third kappa shape index (κ3) is 4.69. The Morgan fingerprint density at radius 3 is 2.37 bits per heavy atom. The van der Waals surface area contributed by atoms with Gasteiger partial charge in [0.25, 0.3) is 0 Å². The van der Waals surface area contributed by atoms with Crippen molar-refractivity contribution in [1.29, 1.82) is 5.26 Å². The molecule has 0 bridgehead atoms. The fourth-order valence-corrected chi connectivity index (χ4v) is 4.05. The van der Waals surface area contributed by atoms with Crippen LogP contribution in [0.15, 0.2) is 48.5 Å². The lowest BCUT2D eigenvalue weighted by Gasteiger charge is -2.30. The van der Waals surface area contributed by atoms with Crippen LogP contribution in [0.4, 0.5) is 11.8 Å². The van der Waals surface area contributed by atoms with Crippen molar-refractivity contribution < 1.29 is 0 Å². The molecule has 1 aliphatic carbocycles. The van der Waals surface area contributed by atoms with E-state index in [9.17, 15) is 0 Å². The average molecular weight is 401 g/mol. The van der Waals surface area contributed by atoms with Gasteiger partial charge in [-0.05, 0) is 55.5 Å². The maximum absolute atomic E-state index is 8.90. The van der Waals surface area contributed by atoms with E-state index in [2.05, 4.69) is 22.8 Å². The van der Waals surface area contributed by atoms with Crippen LogP contribution in [0.2, 0.25) is 0 Å². The van der Waals surface area contributed by atoms with Crippen molar-refractivity contribution in [3.05, 3.63) is 59.7 Å². The highest BCUT2D eigenvalue weighted by Gasteiger charge is 2.22. The van der Waals surface area contributed by atoms with Gasteiger partial charge < -0.3 is 15.5 Å². The van der Waals surface area contributed by atoms with Crippen LogP contribution in [0.1, 0.15) is 36.8 Å². The Bertz CT molecular complexity index is 1030. The molecule has 1 saturated carbocycles. The summed E-state index contributed by atoms with van der Waals surface area (Å²) in [6.07, 6.45) is 4.45. The van der Waals surface area contributed by atoms with Gasteiger partial charge in [0.2, 0.25) is 5.95 Å². The van der Waals surface area contributed by atoms with Crippen molar-refractivity contribution in [3.63, 3.8) is 0 Å². The highest BCUT2D eigenvalue weighted by Crippen LogP contribution is 2.26. The number of nitriles is 1. The lowest BCUT2D eigenvalue weighted by molar-refractivity contribution is 0.352. The second kappa shape index (κ2) is 9.10. The molecule has 0 saturated heterocycles. The minimum atomic E-state index is 0.397. The zero-order valence-corrected chi connectivity index (χ0v) is 17.6. The average Bonchev–Trinajstić information content (AvgIpc) is 2.78. The molecule has 1 aliphatic rings. The molecule has 0 atom stereocenters. The Labute approximate surface area is 178 Å². The standard InChI is InChI=1S/C24H28N6/c1-30(2)23-21-5-3-4-6-22(21)28-24(29-23)27-20-13-11-19(12-14-20)26-16-18-9-7-17(15-25)8-10-18/h3-10,19-20,26H,11-14,16H2,1-2H3,(H,27,28,29)/t19-,20+. The summed E-state index contributed by atoms with van der Waals surface area (Å²) in [4.78, 5) is 11.5. The molecule has 1 heterocycles. The molecule has 0 unspecified atom stereocenters. The van der Waals surface area contributed by atoms with Gasteiger partial charge in [-0.15, -0.1) is 0 Å². The first-order chi connectivity index (χ1) is 14.6. The highest BCUT2D eigenvalue weighted by molar-refractivity contribution is 5.90. The number of anilines is 2. The number of benzene rings is 2. The van der Waals surface area contributed by atoms with Crippen LogP contribution in [-0.2, 0) is 6.54 Å². The highest BCUT2D eigenvalue weighted by atomic mass is 15.2. The largest absolute Gasteiger partial charge is 0.362 e. The Morgan fingerprint density at radius 2 is 1.67 bits per heavy atom. The Kier molecular flexibility index (Phi) is 6.10. The first-order valence-electron chi connectivity index (χ1n) is 10.6. The number of fused-ring (bicyclic) bond motifs is 1. The molecule has 3 aromatic rings. The Balaban J connectivity index is 1.33. The van der Waals surface area contributed by atoms with Gasteiger partial charge >= 0.3 is 0 Å². The number of nitrogens with zero attached hydrogens (tertiary/aromatic N) is 4. The molecule has 1 fully saturated rings. The third-order valence-corrected chi connectivity index (χ3v) is 5.75. The van der Waals surface area contributed by atoms with Crippen LogP contribution in [-0.4, -0.2) is 36.1 Å². The van der Waals surface area contributed by atoms with Gasteiger partial charge in [0.1, 0.15) is 5.82 Å². The van der Waals surface area contributed by atoms with Crippen LogP contribution >= 0.6 is 0 Å². The maximum Gasteiger partial charge on any atom is 0.225 e. The van der Waals surface area contributed by atoms with Crippen molar-refractivity contribution >= 4 is 22.7 Å². The lowest BCUT2D eigenvalue weighted by atomic mass is 9.91. The molecule has 2 aromatic carbocycles.